The van der Waals surface area contributed by atoms with Crippen molar-refractivity contribution >= 4 is 11.9 Å². The Hall–Kier alpha value is -1.32. The zero-order chi connectivity index (χ0) is 10.8. The second-order valence-corrected chi connectivity index (χ2v) is 3.75. The van der Waals surface area contributed by atoms with Gasteiger partial charge in [0.25, 0.3) is 0 Å². The van der Waals surface area contributed by atoms with Gasteiger partial charge in [0.15, 0.2) is 0 Å². The van der Waals surface area contributed by atoms with E-state index in [9.17, 15) is 9.59 Å². The van der Waals surface area contributed by atoms with Crippen LogP contribution in [-0.4, -0.2) is 23.6 Å². The molecule has 0 aromatic carbocycles. The molecule has 0 aromatic rings. The molecule has 0 aliphatic carbocycles. The number of hydrogen-bond acceptors (Lipinski definition) is 4. The second kappa shape index (κ2) is 3.82. The molecular formula is C10H14O4. The molecule has 0 saturated carbocycles. The van der Waals surface area contributed by atoms with Crippen LogP contribution in [0, 0.1) is 0 Å². The van der Waals surface area contributed by atoms with Crippen LogP contribution in [0.4, 0.5) is 0 Å². The normalized spacial score (nSPS) is 21.6. The number of carbonyl (C=O) groups excluding carboxylic acids is 2. The molecule has 4 heteroatoms. The molecule has 78 valence electrons. The maximum Gasteiger partial charge on any atom is 0.330 e. The van der Waals surface area contributed by atoms with Gasteiger partial charge < -0.3 is 9.47 Å². The third kappa shape index (κ3) is 2.34. The lowest BCUT2D eigenvalue weighted by atomic mass is 9.99. The fourth-order valence-electron chi connectivity index (χ4n) is 1.38. The average molecular weight is 198 g/mol. The summed E-state index contributed by atoms with van der Waals surface area (Å²) in [4.78, 5) is 21.9. The number of esters is 2. The predicted molar refractivity (Wildman–Crippen MR) is 49.5 cm³/mol. The average Bonchev–Trinajstić information content (AvgIpc) is 2.51. The van der Waals surface area contributed by atoms with Gasteiger partial charge in [0.2, 0.25) is 0 Å². The Bertz CT molecular complexity index is 267. The minimum Gasteiger partial charge on any atom is -0.458 e. The minimum absolute atomic E-state index is 0.238. The van der Waals surface area contributed by atoms with E-state index in [0.717, 1.165) is 6.08 Å². The molecule has 1 heterocycles. The first-order valence-corrected chi connectivity index (χ1v) is 4.50. The van der Waals surface area contributed by atoms with Gasteiger partial charge in [-0.3, -0.25) is 4.79 Å². The highest BCUT2D eigenvalue weighted by molar-refractivity contribution is 5.81. The highest BCUT2D eigenvalue weighted by Gasteiger charge is 2.39. The van der Waals surface area contributed by atoms with Crippen LogP contribution in [0.3, 0.4) is 0 Å². The van der Waals surface area contributed by atoms with Gasteiger partial charge in [0.05, 0.1) is 0 Å². The van der Waals surface area contributed by atoms with Crippen molar-refractivity contribution in [2.24, 2.45) is 0 Å². The van der Waals surface area contributed by atoms with E-state index in [-0.39, 0.29) is 12.1 Å². The van der Waals surface area contributed by atoms with Gasteiger partial charge in [-0.2, -0.15) is 0 Å². The topological polar surface area (TPSA) is 52.6 Å². The Labute approximate surface area is 82.9 Å². The Morgan fingerprint density at radius 1 is 1.71 bits per heavy atom. The van der Waals surface area contributed by atoms with Crippen molar-refractivity contribution in [2.45, 2.75) is 38.4 Å². The van der Waals surface area contributed by atoms with E-state index in [1.807, 2.05) is 0 Å². The van der Waals surface area contributed by atoms with Crippen molar-refractivity contribution in [3.05, 3.63) is 12.7 Å². The number of hydrogen-bond donors (Lipinski definition) is 0. The Morgan fingerprint density at radius 2 is 2.36 bits per heavy atom. The first-order chi connectivity index (χ1) is 6.45. The molecule has 1 unspecified atom stereocenters. The fraction of sp³-hybridized carbons (Fsp3) is 0.600. The maximum atomic E-state index is 11.0. The number of rotatable bonds is 3. The van der Waals surface area contributed by atoms with E-state index in [4.69, 9.17) is 9.47 Å². The molecule has 0 radical (unpaired) electrons. The van der Waals surface area contributed by atoms with Gasteiger partial charge in [0, 0.05) is 12.5 Å². The third-order valence-corrected chi connectivity index (χ3v) is 2.19. The Balaban J connectivity index is 2.60. The van der Waals surface area contributed by atoms with Gasteiger partial charge in [-0.15, -0.1) is 0 Å². The lowest BCUT2D eigenvalue weighted by Gasteiger charge is -2.29. The van der Waals surface area contributed by atoms with Crippen molar-refractivity contribution in [1.29, 1.82) is 0 Å². The summed E-state index contributed by atoms with van der Waals surface area (Å²) in [6, 6.07) is 0. The van der Waals surface area contributed by atoms with Gasteiger partial charge >= 0.3 is 11.9 Å². The summed E-state index contributed by atoms with van der Waals surface area (Å²) in [6.07, 6.45) is 1.73. The number of cyclic esters (lactones) is 1. The van der Waals surface area contributed by atoms with E-state index in [2.05, 4.69) is 6.58 Å². The van der Waals surface area contributed by atoms with Gasteiger partial charge in [-0.05, 0) is 20.3 Å². The molecule has 1 aliphatic rings. The van der Waals surface area contributed by atoms with Crippen LogP contribution in [0.1, 0.15) is 26.7 Å². The highest BCUT2D eigenvalue weighted by Crippen LogP contribution is 2.27. The molecule has 1 atom stereocenters. The van der Waals surface area contributed by atoms with E-state index in [1.165, 1.54) is 0 Å². The largest absolute Gasteiger partial charge is 0.458 e. The number of ether oxygens (including phenoxy) is 2. The van der Waals surface area contributed by atoms with Crippen molar-refractivity contribution < 1.29 is 19.1 Å². The summed E-state index contributed by atoms with van der Waals surface area (Å²) in [5.41, 5.74) is -0.780. The zero-order valence-corrected chi connectivity index (χ0v) is 8.41. The molecule has 0 bridgehead atoms. The van der Waals surface area contributed by atoms with Crippen molar-refractivity contribution in [3.8, 4) is 0 Å². The zero-order valence-electron chi connectivity index (χ0n) is 8.41. The molecule has 0 spiro atoms. The lowest BCUT2D eigenvalue weighted by molar-refractivity contribution is -0.169. The third-order valence-electron chi connectivity index (χ3n) is 2.19. The summed E-state index contributed by atoms with van der Waals surface area (Å²) in [6.45, 7) is 6.74. The molecule has 1 aliphatic heterocycles. The minimum atomic E-state index is -0.780. The molecule has 4 nitrogen and oxygen atoms in total. The standard InChI is InChI=1S/C10H14O4/c1-4-8(11)14-10(2,3)7-5-6-9(12)13-7/h4,7H,1,5-6H2,2-3H3. The summed E-state index contributed by atoms with van der Waals surface area (Å²) in [5.74, 6) is -0.740. The molecule has 1 fully saturated rings. The highest BCUT2D eigenvalue weighted by atomic mass is 16.6. The summed E-state index contributed by atoms with van der Waals surface area (Å²) < 4.78 is 10.1. The molecule has 14 heavy (non-hydrogen) atoms. The lowest BCUT2D eigenvalue weighted by Crippen LogP contribution is -2.40. The Morgan fingerprint density at radius 3 is 2.79 bits per heavy atom. The summed E-state index contributed by atoms with van der Waals surface area (Å²) in [7, 11) is 0. The van der Waals surface area contributed by atoms with Crippen LogP contribution < -0.4 is 0 Å². The van der Waals surface area contributed by atoms with Crippen LogP contribution in [0.25, 0.3) is 0 Å². The monoisotopic (exact) mass is 198 g/mol. The summed E-state index contributed by atoms with van der Waals surface area (Å²) >= 11 is 0. The van der Waals surface area contributed by atoms with Crippen molar-refractivity contribution in [2.75, 3.05) is 0 Å². The first-order valence-electron chi connectivity index (χ1n) is 4.50. The van der Waals surface area contributed by atoms with Crippen LogP contribution in [-0.2, 0) is 19.1 Å². The quantitative estimate of drug-likeness (QED) is 0.505. The van der Waals surface area contributed by atoms with Crippen molar-refractivity contribution in [3.63, 3.8) is 0 Å². The number of carbonyl (C=O) groups is 2. The van der Waals surface area contributed by atoms with Gasteiger partial charge in [-0.25, -0.2) is 4.79 Å². The van der Waals surface area contributed by atoms with E-state index in [1.54, 1.807) is 13.8 Å². The van der Waals surface area contributed by atoms with Crippen LogP contribution >= 0.6 is 0 Å². The molecule has 0 N–H and O–H groups in total. The SMILES string of the molecule is C=CC(=O)OC(C)(C)C1CCC(=O)O1. The fourth-order valence-corrected chi connectivity index (χ4v) is 1.38. The Kier molecular flexibility index (Phi) is 2.93. The first kappa shape index (κ1) is 10.8. The predicted octanol–water partition coefficient (Wildman–Crippen LogP) is 1.20. The smallest absolute Gasteiger partial charge is 0.330 e. The summed E-state index contributed by atoms with van der Waals surface area (Å²) in [5, 5.41) is 0. The molecule has 1 rings (SSSR count). The van der Waals surface area contributed by atoms with Crippen molar-refractivity contribution in [1.82, 2.24) is 0 Å². The maximum absolute atomic E-state index is 11.0. The molecule has 0 amide bonds. The van der Waals surface area contributed by atoms with Gasteiger partial charge in [-0.1, -0.05) is 6.58 Å². The molecular weight excluding hydrogens is 184 g/mol. The van der Waals surface area contributed by atoms with E-state index < -0.39 is 11.6 Å². The van der Waals surface area contributed by atoms with Crippen LogP contribution in [0.2, 0.25) is 0 Å². The van der Waals surface area contributed by atoms with Crippen LogP contribution in [0.15, 0.2) is 12.7 Å². The second-order valence-electron chi connectivity index (χ2n) is 3.75. The molecule has 1 saturated heterocycles. The molecule has 0 aromatic heterocycles. The van der Waals surface area contributed by atoms with Crippen LogP contribution in [0.5, 0.6) is 0 Å². The van der Waals surface area contributed by atoms with E-state index >= 15 is 0 Å². The van der Waals surface area contributed by atoms with E-state index in [0.29, 0.717) is 12.8 Å². The van der Waals surface area contributed by atoms with Gasteiger partial charge in [0.1, 0.15) is 11.7 Å².